The van der Waals surface area contributed by atoms with Crippen LogP contribution in [0.15, 0.2) is 46.9 Å². The molecule has 0 aliphatic carbocycles. The van der Waals surface area contributed by atoms with E-state index >= 15 is 0 Å². The maximum atomic E-state index is 10.7. The van der Waals surface area contributed by atoms with Crippen LogP contribution in [0.5, 0.6) is 11.5 Å². The van der Waals surface area contributed by atoms with Crippen molar-refractivity contribution in [2.75, 3.05) is 12.1 Å². The lowest BCUT2D eigenvalue weighted by atomic mass is 10.2. The largest absolute Gasteiger partial charge is 0.454 e. The van der Waals surface area contributed by atoms with E-state index in [1.54, 1.807) is 0 Å². The normalized spacial score (nSPS) is 11.8. The number of rotatable bonds is 5. The zero-order chi connectivity index (χ0) is 18.8. The molecule has 27 heavy (non-hydrogen) atoms. The predicted molar refractivity (Wildman–Crippen MR) is 93.2 cm³/mol. The molecule has 134 valence electrons. The van der Waals surface area contributed by atoms with Crippen molar-refractivity contribution in [3.05, 3.63) is 63.8 Å². The van der Waals surface area contributed by atoms with Gasteiger partial charge >= 0.3 is 0 Å². The molecule has 1 aliphatic heterocycles. The Kier molecular flexibility index (Phi) is 4.06. The SMILES string of the molecule is N#Cc1nc(-c2ccc([N+](=O)[O-])cc2)oc1NCc1cccc2c1OCO2. The summed E-state index contributed by atoms with van der Waals surface area (Å²) in [4.78, 5) is 14.4. The third kappa shape index (κ3) is 3.11. The van der Waals surface area contributed by atoms with Gasteiger partial charge in [0.15, 0.2) is 11.5 Å². The van der Waals surface area contributed by atoms with Crippen LogP contribution in [-0.2, 0) is 6.54 Å². The van der Waals surface area contributed by atoms with E-state index in [1.807, 2.05) is 24.3 Å². The molecule has 0 amide bonds. The lowest BCUT2D eigenvalue weighted by Crippen LogP contribution is -2.01. The number of hydrogen-bond donors (Lipinski definition) is 1. The highest BCUT2D eigenvalue weighted by Gasteiger charge is 2.19. The van der Waals surface area contributed by atoms with Gasteiger partial charge in [0.25, 0.3) is 5.69 Å². The fourth-order valence-corrected chi connectivity index (χ4v) is 2.67. The lowest BCUT2D eigenvalue weighted by molar-refractivity contribution is -0.384. The topological polar surface area (TPSA) is 123 Å². The first kappa shape index (κ1) is 16.4. The van der Waals surface area contributed by atoms with Gasteiger partial charge in [-0.2, -0.15) is 10.2 Å². The minimum Gasteiger partial charge on any atom is -0.454 e. The van der Waals surface area contributed by atoms with Crippen molar-refractivity contribution in [1.82, 2.24) is 4.98 Å². The van der Waals surface area contributed by atoms with Gasteiger partial charge in [0.1, 0.15) is 6.07 Å². The molecule has 1 aliphatic rings. The van der Waals surface area contributed by atoms with Crippen LogP contribution in [0.25, 0.3) is 11.5 Å². The first-order valence-electron chi connectivity index (χ1n) is 7.93. The third-order valence-corrected chi connectivity index (χ3v) is 3.98. The van der Waals surface area contributed by atoms with Crippen LogP contribution in [0.4, 0.5) is 11.6 Å². The minimum absolute atomic E-state index is 0.0377. The number of benzene rings is 2. The number of ether oxygens (including phenoxy) is 2. The summed E-state index contributed by atoms with van der Waals surface area (Å²) in [7, 11) is 0. The van der Waals surface area contributed by atoms with E-state index < -0.39 is 4.92 Å². The second-order valence-corrected chi connectivity index (χ2v) is 5.62. The number of oxazole rings is 1. The van der Waals surface area contributed by atoms with Crippen molar-refractivity contribution in [2.45, 2.75) is 6.54 Å². The Balaban J connectivity index is 1.56. The van der Waals surface area contributed by atoms with Gasteiger partial charge < -0.3 is 19.2 Å². The number of nitro groups is 1. The highest BCUT2D eigenvalue weighted by Crippen LogP contribution is 2.36. The summed E-state index contributed by atoms with van der Waals surface area (Å²) in [5.74, 6) is 1.72. The summed E-state index contributed by atoms with van der Waals surface area (Å²) in [6, 6.07) is 13.2. The Morgan fingerprint density at radius 2 is 2.04 bits per heavy atom. The average Bonchev–Trinajstić information content (AvgIpc) is 3.33. The summed E-state index contributed by atoms with van der Waals surface area (Å²) < 4.78 is 16.4. The molecule has 9 heteroatoms. The Labute approximate surface area is 152 Å². The van der Waals surface area contributed by atoms with Crippen molar-refractivity contribution >= 4 is 11.6 Å². The van der Waals surface area contributed by atoms with Crippen molar-refractivity contribution in [3.8, 4) is 29.0 Å². The molecule has 2 aromatic carbocycles. The molecule has 0 unspecified atom stereocenters. The van der Waals surface area contributed by atoms with E-state index in [0.29, 0.717) is 23.6 Å². The number of nitrogens with one attached hydrogen (secondary N) is 1. The summed E-state index contributed by atoms with van der Waals surface area (Å²) in [5.41, 5.74) is 1.43. The molecule has 3 aromatic rings. The third-order valence-electron chi connectivity index (χ3n) is 3.98. The molecule has 0 saturated carbocycles. The smallest absolute Gasteiger partial charge is 0.269 e. The zero-order valence-corrected chi connectivity index (χ0v) is 13.8. The van der Waals surface area contributed by atoms with Gasteiger partial charge in [0, 0.05) is 29.8 Å². The van der Waals surface area contributed by atoms with Gasteiger partial charge in [-0.3, -0.25) is 10.1 Å². The van der Waals surface area contributed by atoms with E-state index in [-0.39, 0.29) is 29.9 Å². The Hall–Kier alpha value is -4.06. The fraction of sp³-hybridized carbons (Fsp3) is 0.111. The number of non-ortho nitro benzene ring substituents is 1. The fourth-order valence-electron chi connectivity index (χ4n) is 2.67. The second kappa shape index (κ2) is 6.68. The molecule has 1 aromatic heterocycles. The molecular formula is C18H12N4O5. The highest BCUT2D eigenvalue weighted by molar-refractivity contribution is 5.60. The quantitative estimate of drug-likeness (QED) is 0.539. The van der Waals surface area contributed by atoms with E-state index in [1.165, 1.54) is 24.3 Å². The monoisotopic (exact) mass is 364 g/mol. The van der Waals surface area contributed by atoms with Gasteiger partial charge in [0.2, 0.25) is 24.3 Å². The molecule has 0 bridgehead atoms. The first-order valence-corrected chi connectivity index (χ1v) is 7.93. The number of anilines is 1. The average molecular weight is 364 g/mol. The Morgan fingerprint density at radius 1 is 1.22 bits per heavy atom. The van der Waals surface area contributed by atoms with Crippen LogP contribution in [-0.4, -0.2) is 16.7 Å². The number of nitrogens with zero attached hydrogens (tertiary/aromatic N) is 3. The van der Waals surface area contributed by atoms with Gasteiger partial charge in [-0.15, -0.1) is 0 Å². The number of aromatic nitrogens is 1. The van der Waals surface area contributed by atoms with E-state index in [4.69, 9.17) is 13.9 Å². The maximum absolute atomic E-state index is 10.7. The van der Waals surface area contributed by atoms with Crippen LogP contribution in [0.2, 0.25) is 0 Å². The van der Waals surface area contributed by atoms with E-state index in [0.717, 1.165) is 5.56 Å². The molecule has 0 spiro atoms. The number of fused-ring (bicyclic) bond motifs is 1. The molecule has 4 rings (SSSR count). The molecule has 0 radical (unpaired) electrons. The Morgan fingerprint density at radius 3 is 2.78 bits per heavy atom. The zero-order valence-electron chi connectivity index (χ0n) is 13.8. The summed E-state index contributed by atoms with van der Waals surface area (Å²) in [6.45, 7) is 0.512. The molecule has 2 heterocycles. The van der Waals surface area contributed by atoms with Gasteiger partial charge in [-0.25, -0.2) is 0 Å². The number of hydrogen-bond acceptors (Lipinski definition) is 8. The second-order valence-electron chi connectivity index (χ2n) is 5.62. The van der Waals surface area contributed by atoms with E-state index in [9.17, 15) is 15.4 Å². The predicted octanol–water partition coefficient (Wildman–Crippen LogP) is 3.46. The Bertz CT molecular complexity index is 1050. The van der Waals surface area contributed by atoms with Crippen LogP contribution in [0.3, 0.4) is 0 Å². The first-order chi connectivity index (χ1) is 13.2. The summed E-state index contributed by atoms with van der Waals surface area (Å²) >= 11 is 0. The van der Waals surface area contributed by atoms with Crippen molar-refractivity contribution in [1.29, 1.82) is 5.26 Å². The van der Waals surface area contributed by atoms with Crippen molar-refractivity contribution in [2.24, 2.45) is 0 Å². The van der Waals surface area contributed by atoms with E-state index in [2.05, 4.69) is 10.3 Å². The summed E-state index contributed by atoms with van der Waals surface area (Å²) in [5, 5.41) is 23.1. The lowest BCUT2D eigenvalue weighted by Gasteiger charge is -2.06. The maximum Gasteiger partial charge on any atom is 0.269 e. The van der Waals surface area contributed by atoms with Gasteiger partial charge in [0.05, 0.1) is 4.92 Å². The minimum atomic E-state index is -0.489. The van der Waals surface area contributed by atoms with Crippen LogP contribution >= 0.6 is 0 Å². The van der Waals surface area contributed by atoms with Crippen LogP contribution in [0, 0.1) is 21.4 Å². The van der Waals surface area contributed by atoms with Gasteiger partial charge in [-0.05, 0) is 18.2 Å². The van der Waals surface area contributed by atoms with Crippen LogP contribution in [0.1, 0.15) is 11.3 Å². The number of nitro benzene ring substituents is 1. The summed E-state index contributed by atoms with van der Waals surface area (Å²) in [6.07, 6.45) is 0. The molecule has 9 nitrogen and oxygen atoms in total. The molecule has 1 N–H and O–H groups in total. The molecule has 0 fully saturated rings. The molecule has 0 saturated heterocycles. The molecular weight excluding hydrogens is 352 g/mol. The van der Waals surface area contributed by atoms with Crippen molar-refractivity contribution < 1.29 is 18.8 Å². The number of nitriles is 1. The van der Waals surface area contributed by atoms with Crippen LogP contribution < -0.4 is 14.8 Å². The van der Waals surface area contributed by atoms with Crippen molar-refractivity contribution in [3.63, 3.8) is 0 Å². The highest BCUT2D eigenvalue weighted by atomic mass is 16.7. The molecule has 0 atom stereocenters. The standard InChI is InChI=1S/C18H12N4O5/c19-8-14-18(20-9-12-2-1-3-15-16(12)26-10-25-15)27-17(21-14)11-4-6-13(7-5-11)22(23)24/h1-7,20H,9-10H2. The number of para-hydroxylation sites is 1. The van der Waals surface area contributed by atoms with Gasteiger partial charge in [-0.1, -0.05) is 12.1 Å².